The van der Waals surface area contributed by atoms with Gasteiger partial charge < -0.3 is 14.4 Å². The molecule has 1 aliphatic carbocycles. The summed E-state index contributed by atoms with van der Waals surface area (Å²) in [4.78, 5) is 42.5. The van der Waals surface area contributed by atoms with Crippen molar-refractivity contribution in [3.63, 3.8) is 0 Å². The summed E-state index contributed by atoms with van der Waals surface area (Å²) in [5, 5.41) is 3.11. The van der Waals surface area contributed by atoms with E-state index in [0.717, 1.165) is 37.9 Å². The van der Waals surface area contributed by atoms with Gasteiger partial charge in [0.1, 0.15) is 12.2 Å². The van der Waals surface area contributed by atoms with Crippen molar-refractivity contribution in [3.8, 4) is 11.1 Å². The lowest BCUT2D eigenvalue weighted by molar-refractivity contribution is -0.162. The summed E-state index contributed by atoms with van der Waals surface area (Å²) in [5.74, 6) is -1.07. The lowest BCUT2D eigenvalue weighted by Gasteiger charge is -2.29. The summed E-state index contributed by atoms with van der Waals surface area (Å²) in [6.07, 6.45) is 0.267. The number of esters is 1. The average Bonchev–Trinajstić information content (AvgIpc) is 3.55. The molecule has 0 bridgehead atoms. The maximum absolute atomic E-state index is 14.1. The Morgan fingerprint density at radius 1 is 0.889 bits per heavy atom. The number of hydrogen-bond donors (Lipinski definition) is 0. The summed E-state index contributed by atoms with van der Waals surface area (Å²) in [6.45, 7) is 9.70. The fraction of sp³-hybridized carbons (Fsp3) is 0.395. The zero-order valence-electron chi connectivity index (χ0n) is 27.0. The van der Waals surface area contributed by atoms with Crippen LogP contribution in [0.25, 0.3) is 21.2 Å². The van der Waals surface area contributed by atoms with Gasteiger partial charge in [0, 0.05) is 30.5 Å². The van der Waals surface area contributed by atoms with E-state index in [9.17, 15) is 14.4 Å². The van der Waals surface area contributed by atoms with Gasteiger partial charge in [-0.05, 0) is 77.8 Å². The number of fused-ring (bicyclic) bond motifs is 4. The topological polar surface area (TPSA) is 72.9 Å². The molecule has 1 aromatic heterocycles. The van der Waals surface area contributed by atoms with E-state index in [-0.39, 0.29) is 36.6 Å². The van der Waals surface area contributed by atoms with Crippen LogP contribution >= 0.6 is 11.3 Å². The van der Waals surface area contributed by atoms with Crippen LogP contribution in [0.1, 0.15) is 70.1 Å². The number of rotatable bonds is 11. The SMILES string of the molecule is CC(C)C[C@H](CC(=O)[C@H](Cc1csc2ccccc12)N(C)C(=O)OCC1c2ccccc2-c2ccccc21)C(=O)OC(C)(C)C. The van der Waals surface area contributed by atoms with E-state index in [1.54, 1.807) is 18.4 Å². The maximum Gasteiger partial charge on any atom is 0.410 e. The van der Waals surface area contributed by atoms with Gasteiger partial charge in [-0.1, -0.05) is 80.6 Å². The molecule has 0 radical (unpaired) electrons. The second kappa shape index (κ2) is 13.6. The number of benzene rings is 3. The Morgan fingerprint density at radius 3 is 2.11 bits per heavy atom. The number of carbonyl (C=O) groups excluding carboxylic acids is 3. The Bertz CT molecular complexity index is 1640. The first kappa shape index (κ1) is 32.4. The van der Waals surface area contributed by atoms with Crippen LogP contribution in [0.4, 0.5) is 4.79 Å². The number of thiophene rings is 1. The van der Waals surface area contributed by atoms with Crippen molar-refractivity contribution in [2.75, 3.05) is 13.7 Å². The number of ether oxygens (including phenoxy) is 2. The first-order valence-corrected chi connectivity index (χ1v) is 16.6. The molecule has 1 amide bonds. The molecule has 1 heterocycles. The van der Waals surface area contributed by atoms with E-state index >= 15 is 0 Å². The fourth-order valence-electron chi connectivity index (χ4n) is 6.28. The van der Waals surface area contributed by atoms with Crippen LogP contribution in [0.5, 0.6) is 0 Å². The number of amides is 1. The molecular weight excluding hydrogens is 582 g/mol. The first-order chi connectivity index (χ1) is 21.4. The van der Waals surface area contributed by atoms with Gasteiger partial charge in [0.05, 0.1) is 12.0 Å². The van der Waals surface area contributed by atoms with Crippen LogP contribution in [0.2, 0.25) is 0 Å². The molecule has 5 rings (SSSR count). The number of likely N-dealkylation sites (N-methyl/N-ethyl adjacent to an activating group) is 1. The molecule has 7 heteroatoms. The van der Waals surface area contributed by atoms with Crippen LogP contribution in [-0.2, 0) is 25.5 Å². The van der Waals surface area contributed by atoms with Crippen LogP contribution in [0, 0.1) is 11.8 Å². The minimum Gasteiger partial charge on any atom is -0.460 e. The molecule has 0 spiro atoms. The van der Waals surface area contributed by atoms with Gasteiger partial charge in [0.2, 0.25) is 0 Å². The van der Waals surface area contributed by atoms with Crippen molar-refractivity contribution in [3.05, 3.63) is 94.9 Å². The monoisotopic (exact) mass is 625 g/mol. The van der Waals surface area contributed by atoms with Crippen molar-refractivity contribution >= 4 is 39.3 Å². The van der Waals surface area contributed by atoms with E-state index in [1.807, 2.05) is 77.1 Å². The third-order valence-electron chi connectivity index (χ3n) is 8.38. The second-order valence-corrected chi connectivity index (χ2v) is 14.3. The molecule has 6 nitrogen and oxygen atoms in total. The quantitative estimate of drug-likeness (QED) is 0.156. The Labute approximate surface area is 270 Å². The second-order valence-electron chi connectivity index (χ2n) is 13.4. The number of Topliss-reactive ketones (excluding diaryl/α,β-unsaturated/α-hetero) is 1. The number of carbonyl (C=O) groups is 3. The summed E-state index contributed by atoms with van der Waals surface area (Å²) in [5.41, 5.74) is 4.88. The molecule has 0 unspecified atom stereocenters. The molecule has 45 heavy (non-hydrogen) atoms. The highest BCUT2D eigenvalue weighted by Crippen LogP contribution is 2.44. The normalized spacial score (nSPS) is 14.1. The molecule has 4 aromatic rings. The van der Waals surface area contributed by atoms with E-state index in [2.05, 4.69) is 35.7 Å². The molecule has 236 valence electrons. The predicted octanol–water partition coefficient (Wildman–Crippen LogP) is 8.66. The van der Waals surface area contributed by atoms with E-state index < -0.39 is 23.7 Å². The number of nitrogens with zero attached hydrogens (tertiary/aromatic N) is 1. The molecule has 0 N–H and O–H groups in total. The van der Waals surface area contributed by atoms with Crippen molar-refractivity contribution in [1.82, 2.24) is 4.90 Å². The highest BCUT2D eigenvalue weighted by atomic mass is 32.1. The molecule has 2 atom stereocenters. The minimum absolute atomic E-state index is 0.0131. The average molecular weight is 626 g/mol. The van der Waals surface area contributed by atoms with Crippen LogP contribution in [0.15, 0.2) is 78.2 Å². The summed E-state index contributed by atoms with van der Waals surface area (Å²) < 4.78 is 12.8. The van der Waals surface area contributed by atoms with Crippen molar-refractivity contribution in [2.24, 2.45) is 11.8 Å². The van der Waals surface area contributed by atoms with Gasteiger partial charge in [-0.15, -0.1) is 11.3 Å². The maximum atomic E-state index is 14.1. The lowest BCUT2D eigenvalue weighted by Crippen LogP contribution is -2.45. The van der Waals surface area contributed by atoms with Gasteiger partial charge in [0.25, 0.3) is 0 Å². The smallest absolute Gasteiger partial charge is 0.410 e. The largest absolute Gasteiger partial charge is 0.460 e. The van der Waals surface area contributed by atoms with Crippen LogP contribution in [0.3, 0.4) is 0 Å². The summed E-state index contributed by atoms with van der Waals surface area (Å²) in [7, 11) is 1.63. The first-order valence-electron chi connectivity index (χ1n) is 15.7. The third-order valence-corrected chi connectivity index (χ3v) is 9.39. The Hall–Kier alpha value is -3.97. The van der Waals surface area contributed by atoms with Gasteiger partial charge in [-0.2, -0.15) is 0 Å². The number of hydrogen-bond acceptors (Lipinski definition) is 6. The van der Waals surface area contributed by atoms with Gasteiger partial charge in [-0.3, -0.25) is 9.59 Å². The lowest BCUT2D eigenvalue weighted by atomic mass is 9.88. The highest BCUT2D eigenvalue weighted by Gasteiger charge is 2.35. The molecule has 0 saturated carbocycles. The summed E-state index contributed by atoms with van der Waals surface area (Å²) in [6, 6.07) is 23.7. The fourth-order valence-corrected chi connectivity index (χ4v) is 7.26. The Kier molecular flexibility index (Phi) is 9.78. The van der Waals surface area contributed by atoms with E-state index in [1.165, 1.54) is 4.90 Å². The van der Waals surface area contributed by atoms with Crippen molar-refractivity contribution in [1.29, 1.82) is 0 Å². The van der Waals surface area contributed by atoms with Crippen molar-refractivity contribution < 1.29 is 23.9 Å². The zero-order valence-corrected chi connectivity index (χ0v) is 27.9. The van der Waals surface area contributed by atoms with Gasteiger partial charge >= 0.3 is 12.1 Å². The Balaban J connectivity index is 1.38. The van der Waals surface area contributed by atoms with E-state index in [4.69, 9.17) is 9.47 Å². The number of ketones is 1. The zero-order chi connectivity index (χ0) is 32.3. The van der Waals surface area contributed by atoms with Gasteiger partial charge in [-0.25, -0.2) is 4.79 Å². The molecule has 0 fully saturated rings. The minimum atomic E-state index is -0.809. The Morgan fingerprint density at radius 2 is 1.49 bits per heavy atom. The van der Waals surface area contributed by atoms with Gasteiger partial charge in [0.15, 0.2) is 5.78 Å². The standard InChI is InChI=1S/C38H43NO5S/c1-24(2)19-25(36(41)44-38(3,4)5)21-34(40)33(20-26-23-45-35-18-12-11-13-27(26)35)39(6)37(42)43-22-32-30-16-9-7-14-28(30)29-15-8-10-17-31(29)32/h7-18,23-25,32-33H,19-22H2,1-6H3/t25-,33+/m1/s1. The third kappa shape index (κ3) is 7.47. The molecule has 3 aromatic carbocycles. The molecule has 0 aliphatic heterocycles. The van der Waals surface area contributed by atoms with E-state index in [0.29, 0.717) is 12.8 Å². The van der Waals surface area contributed by atoms with Crippen LogP contribution < -0.4 is 0 Å². The van der Waals surface area contributed by atoms with Crippen molar-refractivity contribution in [2.45, 2.75) is 71.4 Å². The molecule has 1 aliphatic rings. The molecule has 0 saturated heterocycles. The summed E-state index contributed by atoms with van der Waals surface area (Å²) >= 11 is 1.62. The molecular formula is C38H43NO5S. The van der Waals surface area contributed by atoms with Crippen LogP contribution in [-0.4, -0.2) is 48.0 Å². The highest BCUT2D eigenvalue weighted by molar-refractivity contribution is 7.17. The predicted molar refractivity (Wildman–Crippen MR) is 181 cm³/mol.